The number of hydrogen-bond donors (Lipinski definition) is 1. The number of hydrogen-bond acceptors (Lipinski definition) is 1. The van der Waals surface area contributed by atoms with Crippen LogP contribution in [0.3, 0.4) is 0 Å². The molecule has 0 saturated carbocycles. The molecule has 2 N–H and O–H groups in total. The average Bonchev–Trinajstić information content (AvgIpc) is 3.24. The van der Waals surface area contributed by atoms with Crippen LogP contribution in [0.2, 0.25) is 0 Å². The molecule has 7 rings (SSSR count). The Kier molecular flexibility index (Phi) is 5.68. The van der Waals surface area contributed by atoms with Crippen molar-refractivity contribution < 1.29 is 0 Å². The Balaban J connectivity index is 1.35. The number of nitrogens with two attached hydrogens (primary N) is 1. The molecule has 0 amide bonds. The molecule has 0 heterocycles. The maximum atomic E-state index is 6.41. The van der Waals surface area contributed by atoms with Crippen molar-refractivity contribution in [2.24, 2.45) is 0 Å². The van der Waals surface area contributed by atoms with Crippen LogP contribution < -0.4 is 5.73 Å². The molecule has 0 unspecified atom stereocenters. The zero-order valence-corrected chi connectivity index (χ0v) is 22.9. The summed E-state index contributed by atoms with van der Waals surface area (Å²) in [5, 5.41) is 0. The van der Waals surface area contributed by atoms with E-state index in [9.17, 15) is 0 Å². The summed E-state index contributed by atoms with van der Waals surface area (Å²) in [4.78, 5) is 0. The SMILES string of the molecule is CC1(C)c2ccccc2-c2ccc(-c3ccc(N)cc3-c3ccccc3-c3ccc(-c4ccccc4)cc3)cc21. The van der Waals surface area contributed by atoms with Crippen LogP contribution >= 0.6 is 0 Å². The van der Waals surface area contributed by atoms with Gasteiger partial charge in [0.1, 0.15) is 0 Å². The van der Waals surface area contributed by atoms with E-state index in [1.165, 1.54) is 61.2 Å². The molecule has 6 aromatic rings. The van der Waals surface area contributed by atoms with Crippen LogP contribution in [0, 0.1) is 0 Å². The minimum absolute atomic E-state index is 0.0473. The van der Waals surface area contributed by atoms with Crippen LogP contribution in [-0.4, -0.2) is 0 Å². The van der Waals surface area contributed by atoms with E-state index in [-0.39, 0.29) is 5.41 Å². The van der Waals surface area contributed by atoms with E-state index in [1.807, 2.05) is 6.07 Å². The van der Waals surface area contributed by atoms with Gasteiger partial charge in [-0.25, -0.2) is 0 Å². The Hall–Kier alpha value is -4.88. The molecular formula is C39H31N. The normalized spacial score (nSPS) is 13.1. The summed E-state index contributed by atoms with van der Waals surface area (Å²) >= 11 is 0. The molecule has 0 radical (unpaired) electrons. The molecule has 1 heteroatoms. The molecule has 40 heavy (non-hydrogen) atoms. The molecule has 0 aromatic heterocycles. The smallest absolute Gasteiger partial charge is 0.0320 e. The fraction of sp³-hybridized carbons (Fsp3) is 0.0769. The molecular weight excluding hydrogens is 482 g/mol. The van der Waals surface area contributed by atoms with Gasteiger partial charge < -0.3 is 5.73 Å². The first-order valence-corrected chi connectivity index (χ1v) is 13.9. The fourth-order valence-corrected chi connectivity index (χ4v) is 6.35. The van der Waals surface area contributed by atoms with Gasteiger partial charge in [-0.1, -0.05) is 135 Å². The molecule has 192 valence electrons. The van der Waals surface area contributed by atoms with Gasteiger partial charge in [-0.15, -0.1) is 0 Å². The van der Waals surface area contributed by atoms with E-state index < -0.39 is 0 Å². The zero-order valence-electron chi connectivity index (χ0n) is 22.9. The lowest BCUT2D eigenvalue weighted by Gasteiger charge is -2.22. The first-order valence-electron chi connectivity index (χ1n) is 13.9. The predicted molar refractivity (Wildman–Crippen MR) is 170 cm³/mol. The second-order valence-corrected chi connectivity index (χ2v) is 11.2. The summed E-state index contributed by atoms with van der Waals surface area (Å²) < 4.78 is 0. The van der Waals surface area contributed by atoms with E-state index >= 15 is 0 Å². The highest BCUT2D eigenvalue weighted by Gasteiger charge is 2.35. The summed E-state index contributed by atoms with van der Waals surface area (Å²) in [5.41, 5.74) is 22.1. The van der Waals surface area contributed by atoms with Gasteiger partial charge in [-0.2, -0.15) is 0 Å². The quantitative estimate of drug-likeness (QED) is 0.233. The molecule has 1 aliphatic rings. The molecule has 0 fully saturated rings. The summed E-state index contributed by atoms with van der Waals surface area (Å²) in [6.07, 6.45) is 0. The van der Waals surface area contributed by atoms with Gasteiger partial charge in [-0.3, -0.25) is 0 Å². The number of benzene rings is 6. The van der Waals surface area contributed by atoms with Crippen molar-refractivity contribution in [2.45, 2.75) is 19.3 Å². The van der Waals surface area contributed by atoms with Crippen molar-refractivity contribution in [3.05, 3.63) is 151 Å². The predicted octanol–water partition coefficient (Wildman–Crippen LogP) is 10.2. The summed E-state index contributed by atoms with van der Waals surface area (Å²) in [5.74, 6) is 0. The largest absolute Gasteiger partial charge is 0.399 e. The lowest BCUT2D eigenvalue weighted by Crippen LogP contribution is -2.14. The van der Waals surface area contributed by atoms with Crippen molar-refractivity contribution in [1.82, 2.24) is 0 Å². The van der Waals surface area contributed by atoms with E-state index in [0.29, 0.717) is 0 Å². The second kappa shape index (κ2) is 9.39. The van der Waals surface area contributed by atoms with Gasteiger partial charge in [0, 0.05) is 11.1 Å². The maximum Gasteiger partial charge on any atom is 0.0320 e. The van der Waals surface area contributed by atoms with E-state index in [4.69, 9.17) is 5.73 Å². The maximum absolute atomic E-state index is 6.41. The van der Waals surface area contributed by atoms with Crippen LogP contribution in [0.25, 0.3) is 55.6 Å². The van der Waals surface area contributed by atoms with Crippen molar-refractivity contribution in [3.8, 4) is 55.6 Å². The van der Waals surface area contributed by atoms with Crippen molar-refractivity contribution in [1.29, 1.82) is 0 Å². The zero-order chi connectivity index (χ0) is 27.3. The third-order valence-electron chi connectivity index (χ3n) is 8.46. The summed E-state index contributed by atoms with van der Waals surface area (Å²) in [6, 6.07) is 50.1. The highest BCUT2D eigenvalue weighted by atomic mass is 14.5. The average molecular weight is 514 g/mol. The first-order chi connectivity index (χ1) is 19.5. The molecule has 0 saturated heterocycles. The van der Waals surface area contributed by atoms with Crippen molar-refractivity contribution >= 4 is 5.69 Å². The van der Waals surface area contributed by atoms with Crippen LogP contribution in [0.1, 0.15) is 25.0 Å². The van der Waals surface area contributed by atoms with Crippen molar-refractivity contribution in [2.75, 3.05) is 5.73 Å². The molecule has 0 spiro atoms. The minimum atomic E-state index is -0.0473. The van der Waals surface area contributed by atoms with Gasteiger partial charge in [0.25, 0.3) is 0 Å². The highest BCUT2D eigenvalue weighted by molar-refractivity contribution is 5.94. The number of anilines is 1. The van der Waals surface area contributed by atoms with Gasteiger partial charge in [0.15, 0.2) is 0 Å². The lowest BCUT2D eigenvalue weighted by molar-refractivity contribution is 0.660. The highest BCUT2D eigenvalue weighted by Crippen LogP contribution is 2.50. The first kappa shape index (κ1) is 24.2. The Bertz CT molecular complexity index is 1860. The number of rotatable bonds is 4. The van der Waals surface area contributed by atoms with Gasteiger partial charge in [0.2, 0.25) is 0 Å². The van der Waals surface area contributed by atoms with Crippen LogP contribution in [0.4, 0.5) is 5.69 Å². The van der Waals surface area contributed by atoms with Gasteiger partial charge in [-0.05, 0) is 85.0 Å². The van der Waals surface area contributed by atoms with Gasteiger partial charge >= 0.3 is 0 Å². The number of nitrogen functional groups attached to an aromatic ring is 1. The Morgan fingerprint density at radius 3 is 1.68 bits per heavy atom. The summed E-state index contributed by atoms with van der Waals surface area (Å²) in [7, 11) is 0. The molecule has 0 bridgehead atoms. The molecule has 0 aliphatic heterocycles. The van der Waals surface area contributed by atoms with Crippen LogP contribution in [0.15, 0.2) is 140 Å². The molecule has 0 atom stereocenters. The minimum Gasteiger partial charge on any atom is -0.399 e. The summed E-state index contributed by atoms with van der Waals surface area (Å²) in [6.45, 7) is 4.67. The molecule has 1 nitrogen and oxygen atoms in total. The topological polar surface area (TPSA) is 26.0 Å². The molecule has 1 aliphatic carbocycles. The monoisotopic (exact) mass is 513 g/mol. The van der Waals surface area contributed by atoms with Gasteiger partial charge in [0.05, 0.1) is 0 Å². The standard InChI is InChI=1S/C39H31N/c1-39(2)37-15-9-8-14-34(37)35-22-20-29(24-38(35)39)32-23-21-30(40)25-36(32)33-13-7-6-12-31(33)28-18-16-27(17-19-28)26-10-4-3-5-11-26/h3-25H,40H2,1-2H3. The Labute approximate surface area is 236 Å². The number of fused-ring (bicyclic) bond motifs is 3. The van der Waals surface area contributed by atoms with E-state index in [1.54, 1.807) is 0 Å². The van der Waals surface area contributed by atoms with E-state index in [2.05, 4.69) is 147 Å². The Morgan fingerprint density at radius 1 is 0.375 bits per heavy atom. The molecule has 6 aromatic carbocycles. The fourth-order valence-electron chi connectivity index (χ4n) is 6.35. The van der Waals surface area contributed by atoms with E-state index in [0.717, 1.165) is 11.3 Å². The van der Waals surface area contributed by atoms with Crippen LogP contribution in [0.5, 0.6) is 0 Å². The lowest BCUT2D eigenvalue weighted by atomic mass is 9.81. The second-order valence-electron chi connectivity index (χ2n) is 11.2. The third-order valence-corrected chi connectivity index (χ3v) is 8.46. The Morgan fingerprint density at radius 2 is 0.900 bits per heavy atom. The third kappa shape index (κ3) is 3.94. The van der Waals surface area contributed by atoms with Crippen molar-refractivity contribution in [3.63, 3.8) is 0 Å². The van der Waals surface area contributed by atoms with Crippen LogP contribution in [-0.2, 0) is 5.41 Å².